The van der Waals surface area contributed by atoms with E-state index in [4.69, 9.17) is 4.74 Å². The fourth-order valence-corrected chi connectivity index (χ4v) is 5.11. The monoisotopic (exact) mass is 310 g/mol. The number of allylic oxidation sites excluding steroid dienone is 1. The number of esters is 1. The van der Waals surface area contributed by atoms with E-state index in [1.165, 1.54) is 11.8 Å². The van der Waals surface area contributed by atoms with E-state index in [1.54, 1.807) is 6.92 Å². The fourth-order valence-electron chi connectivity index (χ4n) is 3.49. The van der Waals surface area contributed by atoms with Gasteiger partial charge in [-0.25, -0.2) is 4.79 Å². The van der Waals surface area contributed by atoms with Gasteiger partial charge in [0.05, 0.1) is 12.5 Å². The highest BCUT2D eigenvalue weighted by Crippen LogP contribution is 2.56. The number of carbonyl (C=O) groups excluding carboxylic acids is 3. The third-order valence-corrected chi connectivity index (χ3v) is 5.76. The first kappa shape index (κ1) is 14.3. The second kappa shape index (κ2) is 4.98. The number of rotatable bonds is 3. The summed E-state index contributed by atoms with van der Waals surface area (Å²) in [6.45, 7) is 1.86. The van der Waals surface area contributed by atoms with Gasteiger partial charge >= 0.3 is 11.9 Å². The van der Waals surface area contributed by atoms with E-state index in [0.717, 1.165) is 0 Å². The molecule has 1 heterocycles. The van der Waals surface area contributed by atoms with Crippen molar-refractivity contribution in [2.24, 2.45) is 17.8 Å². The predicted octanol–water partition coefficient (Wildman–Crippen LogP) is 0.798. The van der Waals surface area contributed by atoms with Crippen LogP contribution in [0.4, 0.5) is 0 Å². The molecule has 6 nitrogen and oxygen atoms in total. The molecule has 21 heavy (non-hydrogen) atoms. The Morgan fingerprint density at radius 1 is 1.33 bits per heavy atom. The van der Waals surface area contributed by atoms with Crippen molar-refractivity contribution in [2.45, 2.75) is 25.0 Å². The fraction of sp³-hybridized carbons (Fsp3) is 0.571. The summed E-state index contributed by atoms with van der Waals surface area (Å²) in [5.74, 6) is -4.26. The molecule has 1 N–H and O–H groups in total. The summed E-state index contributed by atoms with van der Waals surface area (Å²) in [7, 11) is 0. The molecular weight excluding hydrogens is 296 g/mol. The van der Waals surface area contributed by atoms with E-state index in [1.807, 2.05) is 0 Å². The number of carboxylic acids is 1. The maximum absolute atomic E-state index is 12.1. The number of hydrogen-bond acceptors (Lipinski definition) is 6. The quantitative estimate of drug-likeness (QED) is 0.608. The molecule has 3 aliphatic rings. The summed E-state index contributed by atoms with van der Waals surface area (Å²) in [5.41, 5.74) is 0.266. The van der Waals surface area contributed by atoms with Crippen LogP contribution in [0.3, 0.4) is 0 Å². The molecular formula is C14H14O6S. The van der Waals surface area contributed by atoms with Crippen molar-refractivity contribution in [3.8, 4) is 0 Å². The number of ketones is 2. The molecule has 2 saturated carbocycles. The van der Waals surface area contributed by atoms with Gasteiger partial charge in [0.2, 0.25) is 11.6 Å². The van der Waals surface area contributed by atoms with Crippen LogP contribution in [0.5, 0.6) is 0 Å². The SMILES string of the molecule is CCOC(=O)C1=C2C(=O)C(=O)C3CC(C(=O)O)CC(S1)C23. The molecule has 0 radical (unpaired) electrons. The van der Waals surface area contributed by atoms with Gasteiger partial charge < -0.3 is 9.84 Å². The smallest absolute Gasteiger partial charge is 0.345 e. The van der Waals surface area contributed by atoms with Crippen LogP contribution in [-0.4, -0.2) is 40.5 Å². The number of thioether (sulfide) groups is 1. The topological polar surface area (TPSA) is 97.7 Å². The molecule has 112 valence electrons. The number of aliphatic carboxylic acids is 1. The van der Waals surface area contributed by atoms with Gasteiger partial charge in [-0.2, -0.15) is 0 Å². The number of hydrogen-bond donors (Lipinski definition) is 1. The minimum absolute atomic E-state index is 0.182. The van der Waals surface area contributed by atoms with E-state index >= 15 is 0 Å². The first-order chi connectivity index (χ1) is 9.95. The lowest BCUT2D eigenvalue weighted by Crippen LogP contribution is -2.36. The van der Waals surface area contributed by atoms with E-state index in [2.05, 4.69) is 0 Å². The Morgan fingerprint density at radius 2 is 2.05 bits per heavy atom. The van der Waals surface area contributed by atoms with Crippen molar-refractivity contribution in [3.05, 3.63) is 10.5 Å². The molecule has 0 bridgehead atoms. The highest BCUT2D eigenvalue weighted by molar-refractivity contribution is 8.04. The van der Waals surface area contributed by atoms with Gasteiger partial charge in [-0.05, 0) is 19.8 Å². The summed E-state index contributed by atoms with van der Waals surface area (Å²) < 4.78 is 4.94. The molecule has 1 aliphatic heterocycles. The lowest BCUT2D eigenvalue weighted by molar-refractivity contribution is -0.144. The van der Waals surface area contributed by atoms with Crippen molar-refractivity contribution >= 4 is 35.3 Å². The largest absolute Gasteiger partial charge is 0.481 e. The number of ether oxygens (including phenoxy) is 1. The second-order valence-corrected chi connectivity index (χ2v) is 6.70. The summed E-state index contributed by atoms with van der Waals surface area (Å²) in [6.07, 6.45) is 0.551. The molecule has 7 heteroatoms. The number of Topliss-reactive ketones (excluding diaryl/α,β-unsaturated/α-hetero) is 2. The molecule has 4 atom stereocenters. The van der Waals surface area contributed by atoms with Crippen molar-refractivity contribution in [3.63, 3.8) is 0 Å². The molecule has 0 amide bonds. The van der Waals surface area contributed by atoms with Crippen LogP contribution in [-0.2, 0) is 23.9 Å². The van der Waals surface area contributed by atoms with Gasteiger partial charge in [-0.15, -0.1) is 11.8 Å². The normalized spacial score (nSPS) is 34.1. The first-order valence-electron chi connectivity index (χ1n) is 6.85. The summed E-state index contributed by atoms with van der Waals surface area (Å²) in [5, 5.41) is 8.99. The predicted molar refractivity (Wildman–Crippen MR) is 72.4 cm³/mol. The van der Waals surface area contributed by atoms with Crippen LogP contribution in [0.1, 0.15) is 19.8 Å². The lowest BCUT2D eigenvalue weighted by Gasteiger charge is -2.32. The highest BCUT2D eigenvalue weighted by Gasteiger charge is 2.58. The summed E-state index contributed by atoms with van der Waals surface area (Å²) in [4.78, 5) is 47.6. The molecule has 0 saturated heterocycles. The lowest BCUT2D eigenvalue weighted by atomic mass is 9.74. The minimum atomic E-state index is -0.952. The minimum Gasteiger partial charge on any atom is -0.481 e. The summed E-state index contributed by atoms with van der Waals surface area (Å²) in [6, 6.07) is 0. The van der Waals surface area contributed by atoms with Crippen molar-refractivity contribution in [1.82, 2.24) is 0 Å². The average molecular weight is 310 g/mol. The number of carboxylic acid groups (broad SMARTS) is 1. The zero-order valence-corrected chi connectivity index (χ0v) is 12.1. The Bertz CT molecular complexity index is 592. The molecule has 0 spiro atoms. The van der Waals surface area contributed by atoms with Crippen LogP contribution < -0.4 is 0 Å². The van der Waals surface area contributed by atoms with E-state index in [0.29, 0.717) is 6.42 Å². The Hall–Kier alpha value is -1.63. The van der Waals surface area contributed by atoms with Gasteiger partial charge in [0.15, 0.2) is 0 Å². The van der Waals surface area contributed by atoms with Gasteiger partial charge in [0.1, 0.15) is 4.91 Å². The standard InChI is InChI=1S/C14H14O6S/c1-2-20-14(19)12-9-8-6(10(15)11(9)16)3-5(13(17)18)4-7(8)21-12/h5-8H,2-4H2,1H3,(H,17,18). The Morgan fingerprint density at radius 3 is 2.67 bits per heavy atom. The molecule has 2 aliphatic carbocycles. The highest BCUT2D eigenvalue weighted by atomic mass is 32.2. The molecule has 3 rings (SSSR count). The van der Waals surface area contributed by atoms with Crippen LogP contribution in [0, 0.1) is 17.8 Å². The molecule has 2 fully saturated rings. The second-order valence-electron chi connectivity index (χ2n) is 5.45. The third kappa shape index (κ3) is 2.02. The molecule has 0 aromatic rings. The van der Waals surface area contributed by atoms with E-state index in [-0.39, 0.29) is 34.7 Å². The van der Waals surface area contributed by atoms with Crippen LogP contribution in [0.25, 0.3) is 0 Å². The molecule has 4 unspecified atom stereocenters. The Balaban J connectivity index is 1.99. The Labute approximate surface area is 124 Å². The van der Waals surface area contributed by atoms with Gasteiger partial charge in [-0.3, -0.25) is 14.4 Å². The van der Waals surface area contributed by atoms with Crippen LogP contribution >= 0.6 is 11.8 Å². The first-order valence-corrected chi connectivity index (χ1v) is 7.73. The van der Waals surface area contributed by atoms with Gasteiger partial charge in [-0.1, -0.05) is 0 Å². The van der Waals surface area contributed by atoms with E-state index < -0.39 is 35.3 Å². The number of carbonyl (C=O) groups is 4. The van der Waals surface area contributed by atoms with E-state index in [9.17, 15) is 24.3 Å². The molecule has 0 aromatic carbocycles. The average Bonchev–Trinajstić information content (AvgIpc) is 2.94. The maximum Gasteiger partial charge on any atom is 0.345 e. The third-order valence-electron chi connectivity index (χ3n) is 4.35. The van der Waals surface area contributed by atoms with Crippen molar-refractivity contribution < 1.29 is 29.0 Å². The van der Waals surface area contributed by atoms with Crippen molar-refractivity contribution in [2.75, 3.05) is 6.61 Å². The van der Waals surface area contributed by atoms with Gasteiger partial charge in [0.25, 0.3) is 0 Å². The van der Waals surface area contributed by atoms with Crippen LogP contribution in [0.15, 0.2) is 10.5 Å². The van der Waals surface area contributed by atoms with Crippen molar-refractivity contribution in [1.29, 1.82) is 0 Å². The zero-order valence-electron chi connectivity index (χ0n) is 11.3. The zero-order chi connectivity index (χ0) is 15.3. The maximum atomic E-state index is 12.1. The molecule has 0 aromatic heterocycles. The van der Waals surface area contributed by atoms with Gasteiger partial charge in [0, 0.05) is 22.7 Å². The Kier molecular flexibility index (Phi) is 3.39. The summed E-state index contributed by atoms with van der Waals surface area (Å²) >= 11 is 1.20. The van der Waals surface area contributed by atoms with Crippen LogP contribution in [0.2, 0.25) is 0 Å².